The van der Waals surface area contributed by atoms with Gasteiger partial charge >= 0.3 is 0 Å². The predicted molar refractivity (Wildman–Crippen MR) is 66.7 cm³/mol. The summed E-state index contributed by atoms with van der Waals surface area (Å²) in [6.07, 6.45) is 9.96. The zero-order valence-corrected chi connectivity index (χ0v) is 9.33. The molecule has 0 aliphatic heterocycles. The van der Waals surface area contributed by atoms with Crippen LogP contribution in [0.4, 0.5) is 0 Å². The zero-order chi connectivity index (χ0) is 10.7. The van der Waals surface area contributed by atoms with Crippen LogP contribution in [0, 0.1) is 6.92 Å². The van der Waals surface area contributed by atoms with Crippen LogP contribution < -0.4 is 0 Å². The van der Waals surface area contributed by atoms with Gasteiger partial charge in [0.25, 0.3) is 0 Å². The lowest BCUT2D eigenvalue weighted by molar-refractivity contribution is 1.35. The Hall–Kier alpha value is -1.56. The Morgan fingerprint density at radius 3 is 2.80 bits per heavy atom. The Balaban J connectivity index is 2.42. The molecule has 0 N–H and O–H groups in total. The van der Waals surface area contributed by atoms with E-state index in [4.69, 9.17) is 0 Å². The molecule has 0 aromatic heterocycles. The van der Waals surface area contributed by atoms with Crippen molar-refractivity contribution in [3.63, 3.8) is 0 Å². The Morgan fingerprint density at radius 2 is 2.00 bits per heavy atom. The molecular formula is C15H16. The molecule has 0 unspecified atom stereocenters. The van der Waals surface area contributed by atoms with Crippen LogP contribution in [0.5, 0.6) is 0 Å². The summed E-state index contributed by atoms with van der Waals surface area (Å²) in [6, 6.07) is 8.65. The largest absolute Gasteiger partial charge is 0.0801 e. The molecule has 0 heterocycles. The molecule has 1 aliphatic carbocycles. The normalized spacial score (nSPS) is 15.6. The SMILES string of the molecule is CC1=CCC=CC(c2cccc(C)c2)=C1. The van der Waals surface area contributed by atoms with E-state index in [0.717, 1.165) is 6.42 Å². The number of aryl methyl sites for hydroxylation is 1. The number of hydrogen-bond donors (Lipinski definition) is 0. The first-order valence-electron chi connectivity index (χ1n) is 5.38. The molecule has 0 nitrogen and oxygen atoms in total. The lowest BCUT2D eigenvalue weighted by Crippen LogP contribution is -1.82. The third kappa shape index (κ3) is 2.47. The Morgan fingerprint density at radius 1 is 1.13 bits per heavy atom. The van der Waals surface area contributed by atoms with Gasteiger partial charge in [-0.3, -0.25) is 0 Å². The summed E-state index contributed by atoms with van der Waals surface area (Å²) in [5.74, 6) is 0. The van der Waals surface area contributed by atoms with Gasteiger partial charge in [-0.05, 0) is 31.4 Å². The van der Waals surface area contributed by atoms with Crippen LogP contribution in [0.1, 0.15) is 24.5 Å². The van der Waals surface area contributed by atoms with Crippen LogP contribution in [0.2, 0.25) is 0 Å². The molecule has 0 saturated heterocycles. The van der Waals surface area contributed by atoms with E-state index < -0.39 is 0 Å². The number of rotatable bonds is 1. The number of allylic oxidation sites excluding steroid dienone is 6. The lowest BCUT2D eigenvalue weighted by Gasteiger charge is -2.03. The topological polar surface area (TPSA) is 0 Å². The standard InChI is InChI=1S/C15H16/c1-12-6-3-4-8-14(10-12)15-9-5-7-13(2)11-15/h4-11H,3H2,1-2H3. The van der Waals surface area contributed by atoms with Crippen molar-refractivity contribution < 1.29 is 0 Å². The van der Waals surface area contributed by atoms with Crippen LogP contribution in [0.3, 0.4) is 0 Å². The first kappa shape index (κ1) is 9.97. The second-order valence-corrected chi connectivity index (χ2v) is 4.06. The van der Waals surface area contributed by atoms with E-state index in [1.807, 2.05) is 0 Å². The van der Waals surface area contributed by atoms with Crippen molar-refractivity contribution in [3.05, 3.63) is 65.3 Å². The molecule has 0 fully saturated rings. The van der Waals surface area contributed by atoms with Crippen molar-refractivity contribution in [2.24, 2.45) is 0 Å². The highest BCUT2D eigenvalue weighted by atomic mass is 14.0. The monoisotopic (exact) mass is 196 g/mol. The summed E-state index contributed by atoms with van der Waals surface area (Å²) in [5, 5.41) is 0. The Bertz CT molecular complexity index is 445. The van der Waals surface area contributed by atoms with Crippen molar-refractivity contribution in [1.82, 2.24) is 0 Å². The van der Waals surface area contributed by atoms with Crippen molar-refractivity contribution in [2.45, 2.75) is 20.3 Å². The van der Waals surface area contributed by atoms with E-state index in [1.165, 1.54) is 22.3 Å². The molecule has 1 aromatic rings. The summed E-state index contributed by atoms with van der Waals surface area (Å²) in [7, 11) is 0. The molecule has 76 valence electrons. The minimum atomic E-state index is 1.04. The molecule has 0 saturated carbocycles. The van der Waals surface area contributed by atoms with Crippen LogP contribution >= 0.6 is 0 Å². The third-order valence-corrected chi connectivity index (χ3v) is 2.61. The highest BCUT2D eigenvalue weighted by Gasteiger charge is 2.00. The predicted octanol–water partition coefficient (Wildman–Crippen LogP) is 4.28. The molecule has 0 radical (unpaired) electrons. The summed E-state index contributed by atoms with van der Waals surface area (Å²) in [6.45, 7) is 4.29. The second-order valence-electron chi connectivity index (χ2n) is 4.06. The van der Waals surface area contributed by atoms with E-state index in [-0.39, 0.29) is 0 Å². The fraction of sp³-hybridized carbons (Fsp3) is 0.200. The third-order valence-electron chi connectivity index (χ3n) is 2.61. The molecule has 0 heteroatoms. The van der Waals surface area contributed by atoms with Gasteiger partial charge < -0.3 is 0 Å². The van der Waals surface area contributed by atoms with Crippen LogP contribution in [0.15, 0.2) is 54.1 Å². The summed E-state index contributed by atoms with van der Waals surface area (Å²) in [4.78, 5) is 0. The van der Waals surface area contributed by atoms with Crippen LogP contribution in [0.25, 0.3) is 5.57 Å². The average molecular weight is 196 g/mol. The molecule has 0 bridgehead atoms. The number of benzene rings is 1. The van der Waals surface area contributed by atoms with Gasteiger partial charge in [0.05, 0.1) is 0 Å². The molecule has 0 amide bonds. The molecule has 2 rings (SSSR count). The van der Waals surface area contributed by atoms with Crippen LogP contribution in [-0.2, 0) is 0 Å². The van der Waals surface area contributed by atoms with Gasteiger partial charge in [-0.15, -0.1) is 0 Å². The van der Waals surface area contributed by atoms with Crippen molar-refractivity contribution in [1.29, 1.82) is 0 Å². The van der Waals surface area contributed by atoms with E-state index >= 15 is 0 Å². The van der Waals surface area contributed by atoms with Gasteiger partial charge in [0.15, 0.2) is 0 Å². The van der Waals surface area contributed by atoms with Gasteiger partial charge in [-0.1, -0.05) is 59.7 Å². The maximum Gasteiger partial charge on any atom is -0.0160 e. The van der Waals surface area contributed by atoms with Crippen molar-refractivity contribution in [3.8, 4) is 0 Å². The molecule has 0 atom stereocenters. The first-order valence-corrected chi connectivity index (χ1v) is 5.38. The smallest absolute Gasteiger partial charge is 0.0160 e. The molecule has 1 aromatic carbocycles. The molecule has 1 aliphatic rings. The van der Waals surface area contributed by atoms with E-state index in [9.17, 15) is 0 Å². The Labute approximate surface area is 91.6 Å². The molecular weight excluding hydrogens is 180 g/mol. The van der Waals surface area contributed by atoms with Crippen molar-refractivity contribution in [2.75, 3.05) is 0 Å². The zero-order valence-electron chi connectivity index (χ0n) is 9.33. The van der Waals surface area contributed by atoms with E-state index in [2.05, 4.69) is 62.4 Å². The molecule has 0 spiro atoms. The van der Waals surface area contributed by atoms with E-state index in [0.29, 0.717) is 0 Å². The van der Waals surface area contributed by atoms with Gasteiger partial charge in [-0.2, -0.15) is 0 Å². The highest BCUT2D eigenvalue weighted by molar-refractivity contribution is 5.76. The fourth-order valence-corrected chi connectivity index (χ4v) is 1.81. The minimum Gasteiger partial charge on any atom is -0.0801 e. The second kappa shape index (κ2) is 4.31. The van der Waals surface area contributed by atoms with Gasteiger partial charge in [-0.25, -0.2) is 0 Å². The quantitative estimate of drug-likeness (QED) is 0.628. The highest BCUT2D eigenvalue weighted by Crippen LogP contribution is 2.21. The first-order chi connectivity index (χ1) is 7.25. The van der Waals surface area contributed by atoms with Gasteiger partial charge in [0.1, 0.15) is 0 Å². The maximum absolute atomic E-state index is 2.25. The van der Waals surface area contributed by atoms with Crippen LogP contribution in [-0.4, -0.2) is 0 Å². The summed E-state index contributed by atoms with van der Waals surface area (Å²) >= 11 is 0. The molecule has 15 heavy (non-hydrogen) atoms. The summed E-state index contributed by atoms with van der Waals surface area (Å²) in [5.41, 5.74) is 5.27. The van der Waals surface area contributed by atoms with Gasteiger partial charge in [0.2, 0.25) is 0 Å². The maximum atomic E-state index is 2.25. The minimum absolute atomic E-state index is 1.04. The van der Waals surface area contributed by atoms with E-state index in [1.54, 1.807) is 0 Å². The van der Waals surface area contributed by atoms with Crippen molar-refractivity contribution >= 4 is 5.57 Å². The number of hydrogen-bond acceptors (Lipinski definition) is 0. The lowest BCUT2D eigenvalue weighted by atomic mass is 10.0. The summed E-state index contributed by atoms with van der Waals surface area (Å²) < 4.78 is 0. The average Bonchev–Trinajstić information content (AvgIpc) is 2.43. The fourth-order valence-electron chi connectivity index (χ4n) is 1.81. The Kier molecular flexibility index (Phi) is 2.86. The van der Waals surface area contributed by atoms with Gasteiger partial charge in [0, 0.05) is 0 Å².